The van der Waals surface area contributed by atoms with Crippen molar-refractivity contribution in [2.75, 3.05) is 12.4 Å². The molecule has 0 aliphatic rings. The van der Waals surface area contributed by atoms with Gasteiger partial charge in [-0.05, 0) is 31.5 Å². The second kappa shape index (κ2) is 4.80. The van der Waals surface area contributed by atoms with Gasteiger partial charge in [0.25, 0.3) is 0 Å². The molecule has 1 N–H and O–H groups in total. The van der Waals surface area contributed by atoms with Crippen LogP contribution >= 0.6 is 0 Å². The smallest absolute Gasteiger partial charge is 0.204 e. The second-order valence-corrected chi connectivity index (χ2v) is 4.55. The maximum Gasteiger partial charge on any atom is 0.204 e. The molecule has 0 spiro atoms. The van der Waals surface area contributed by atoms with Gasteiger partial charge in [0.15, 0.2) is 5.82 Å². The molecular formula is C14H15N5O. The first-order valence-corrected chi connectivity index (χ1v) is 6.27. The lowest BCUT2D eigenvalue weighted by Crippen LogP contribution is -2.00. The average Bonchev–Trinajstić information content (AvgIpc) is 2.82. The highest BCUT2D eigenvalue weighted by Crippen LogP contribution is 2.28. The number of anilines is 2. The summed E-state index contributed by atoms with van der Waals surface area (Å²) in [5, 5.41) is 11.5. The van der Waals surface area contributed by atoms with Crippen molar-refractivity contribution in [2.24, 2.45) is 0 Å². The minimum Gasteiger partial charge on any atom is -0.495 e. The molecular weight excluding hydrogens is 254 g/mol. The second-order valence-electron chi connectivity index (χ2n) is 4.55. The van der Waals surface area contributed by atoms with Crippen LogP contribution in [0.3, 0.4) is 0 Å². The molecule has 0 aliphatic heterocycles. The van der Waals surface area contributed by atoms with Gasteiger partial charge in [-0.2, -0.15) is 0 Å². The number of nitrogens with zero attached hydrogens (tertiary/aromatic N) is 4. The maximum absolute atomic E-state index is 5.36. The van der Waals surface area contributed by atoms with Crippen molar-refractivity contribution < 1.29 is 4.74 Å². The zero-order chi connectivity index (χ0) is 14.1. The van der Waals surface area contributed by atoms with Crippen LogP contribution < -0.4 is 10.1 Å². The molecule has 3 rings (SSSR count). The van der Waals surface area contributed by atoms with Crippen molar-refractivity contribution in [3.05, 3.63) is 42.0 Å². The van der Waals surface area contributed by atoms with Crippen molar-refractivity contribution >= 4 is 17.2 Å². The molecule has 0 bridgehead atoms. The van der Waals surface area contributed by atoms with Gasteiger partial charge in [0.2, 0.25) is 5.65 Å². The van der Waals surface area contributed by atoms with E-state index in [-0.39, 0.29) is 0 Å². The fourth-order valence-electron chi connectivity index (χ4n) is 2.08. The topological polar surface area (TPSA) is 64.3 Å². The molecule has 6 nitrogen and oxygen atoms in total. The van der Waals surface area contributed by atoms with Crippen molar-refractivity contribution in [1.82, 2.24) is 19.6 Å². The number of hydrogen-bond donors (Lipinski definition) is 1. The molecule has 0 saturated carbocycles. The van der Waals surface area contributed by atoms with E-state index in [1.165, 1.54) is 0 Å². The minimum absolute atomic E-state index is 0.650. The highest BCUT2D eigenvalue weighted by molar-refractivity contribution is 5.73. The van der Waals surface area contributed by atoms with Crippen molar-refractivity contribution in [1.29, 1.82) is 0 Å². The number of fused-ring (bicyclic) bond motifs is 1. The quantitative estimate of drug-likeness (QED) is 0.791. The van der Waals surface area contributed by atoms with Crippen LogP contribution in [-0.2, 0) is 0 Å². The third-order valence-corrected chi connectivity index (χ3v) is 3.11. The molecule has 3 aromatic rings. The van der Waals surface area contributed by atoms with E-state index in [0.29, 0.717) is 11.5 Å². The van der Waals surface area contributed by atoms with Crippen LogP contribution in [0.2, 0.25) is 0 Å². The van der Waals surface area contributed by atoms with E-state index in [2.05, 4.69) is 20.5 Å². The molecule has 20 heavy (non-hydrogen) atoms. The van der Waals surface area contributed by atoms with Gasteiger partial charge in [0.1, 0.15) is 11.6 Å². The van der Waals surface area contributed by atoms with Crippen molar-refractivity contribution in [3.8, 4) is 5.75 Å². The van der Waals surface area contributed by atoms with Gasteiger partial charge in [-0.3, -0.25) is 4.40 Å². The number of aryl methyl sites for hydroxylation is 2. The van der Waals surface area contributed by atoms with Gasteiger partial charge in [0, 0.05) is 12.4 Å². The zero-order valence-electron chi connectivity index (χ0n) is 11.6. The zero-order valence-corrected chi connectivity index (χ0v) is 11.6. The number of ether oxygens (including phenoxy) is 1. The molecule has 0 aliphatic carbocycles. The van der Waals surface area contributed by atoms with Crippen LogP contribution in [0.1, 0.15) is 11.4 Å². The van der Waals surface area contributed by atoms with Crippen LogP contribution in [0.5, 0.6) is 5.75 Å². The van der Waals surface area contributed by atoms with E-state index in [9.17, 15) is 0 Å². The first-order chi connectivity index (χ1) is 9.69. The molecule has 0 radical (unpaired) electrons. The lowest BCUT2D eigenvalue weighted by Gasteiger charge is -2.11. The average molecular weight is 269 g/mol. The monoisotopic (exact) mass is 269 g/mol. The lowest BCUT2D eigenvalue weighted by molar-refractivity contribution is 0.416. The Morgan fingerprint density at radius 2 is 2.05 bits per heavy atom. The molecule has 0 unspecified atom stereocenters. The van der Waals surface area contributed by atoms with E-state index in [0.717, 1.165) is 22.8 Å². The summed E-state index contributed by atoms with van der Waals surface area (Å²) in [6, 6.07) is 5.93. The Hall–Kier alpha value is -2.63. The fourth-order valence-corrected chi connectivity index (χ4v) is 2.08. The van der Waals surface area contributed by atoms with Crippen LogP contribution in [0.25, 0.3) is 5.65 Å². The Balaban J connectivity index is 2.07. The summed E-state index contributed by atoms with van der Waals surface area (Å²) in [7, 11) is 1.64. The van der Waals surface area contributed by atoms with Gasteiger partial charge >= 0.3 is 0 Å². The lowest BCUT2D eigenvalue weighted by atomic mass is 10.2. The summed E-state index contributed by atoms with van der Waals surface area (Å²) in [6.45, 7) is 3.93. The first-order valence-electron chi connectivity index (χ1n) is 6.27. The summed E-state index contributed by atoms with van der Waals surface area (Å²) in [6.07, 6.45) is 3.55. The van der Waals surface area contributed by atoms with E-state index in [4.69, 9.17) is 4.74 Å². The summed E-state index contributed by atoms with van der Waals surface area (Å²) < 4.78 is 7.24. The van der Waals surface area contributed by atoms with E-state index in [1.807, 2.05) is 42.6 Å². The highest BCUT2D eigenvalue weighted by atomic mass is 16.5. The number of aromatic nitrogens is 4. The van der Waals surface area contributed by atoms with Crippen LogP contribution in [0.15, 0.2) is 30.6 Å². The van der Waals surface area contributed by atoms with E-state index < -0.39 is 0 Å². The molecule has 0 fully saturated rings. The number of nitrogens with one attached hydrogen (secondary N) is 1. The molecule has 0 saturated heterocycles. The fraction of sp³-hybridized carbons (Fsp3) is 0.214. The van der Waals surface area contributed by atoms with Gasteiger partial charge < -0.3 is 10.1 Å². The first kappa shape index (κ1) is 12.4. The number of methoxy groups -OCH3 is 1. The molecule has 102 valence electrons. The standard InChI is InChI=1S/C14H15N5O/c1-9-4-5-12(20-3)11(8-9)16-13-14-18-17-10(2)19(14)7-6-15-13/h4-8H,1-3H3,(H,15,16). The van der Waals surface area contributed by atoms with Gasteiger partial charge in [0.05, 0.1) is 12.8 Å². The van der Waals surface area contributed by atoms with E-state index >= 15 is 0 Å². The van der Waals surface area contributed by atoms with E-state index in [1.54, 1.807) is 13.3 Å². The van der Waals surface area contributed by atoms with Gasteiger partial charge in [-0.25, -0.2) is 4.98 Å². The molecule has 1 aromatic carbocycles. The maximum atomic E-state index is 5.36. The third kappa shape index (κ3) is 2.05. The highest BCUT2D eigenvalue weighted by Gasteiger charge is 2.10. The Morgan fingerprint density at radius 3 is 2.85 bits per heavy atom. The summed E-state index contributed by atoms with van der Waals surface area (Å²) in [4.78, 5) is 4.33. The molecule has 6 heteroatoms. The molecule has 0 amide bonds. The largest absolute Gasteiger partial charge is 0.495 e. The predicted molar refractivity (Wildman–Crippen MR) is 76.5 cm³/mol. The summed E-state index contributed by atoms with van der Waals surface area (Å²) in [5.41, 5.74) is 2.68. The van der Waals surface area contributed by atoms with Crippen LogP contribution in [-0.4, -0.2) is 26.7 Å². The molecule has 0 atom stereocenters. The van der Waals surface area contributed by atoms with Crippen molar-refractivity contribution in [2.45, 2.75) is 13.8 Å². The van der Waals surface area contributed by atoms with Gasteiger partial charge in [-0.1, -0.05) is 6.07 Å². The number of hydrogen-bond acceptors (Lipinski definition) is 5. The molecule has 2 aromatic heterocycles. The minimum atomic E-state index is 0.650. The number of rotatable bonds is 3. The third-order valence-electron chi connectivity index (χ3n) is 3.11. The van der Waals surface area contributed by atoms with Gasteiger partial charge in [-0.15, -0.1) is 10.2 Å². The van der Waals surface area contributed by atoms with Crippen molar-refractivity contribution in [3.63, 3.8) is 0 Å². The number of benzene rings is 1. The Morgan fingerprint density at radius 1 is 1.20 bits per heavy atom. The Kier molecular flexibility index (Phi) is 2.98. The summed E-state index contributed by atoms with van der Waals surface area (Å²) >= 11 is 0. The molecule has 2 heterocycles. The SMILES string of the molecule is COc1ccc(C)cc1Nc1nccn2c(C)nnc12. The summed E-state index contributed by atoms with van der Waals surface area (Å²) in [5.74, 6) is 2.23. The Labute approximate surface area is 116 Å². The van der Waals surface area contributed by atoms with Crippen LogP contribution in [0.4, 0.5) is 11.5 Å². The van der Waals surface area contributed by atoms with Crippen LogP contribution in [0, 0.1) is 13.8 Å². The predicted octanol–water partition coefficient (Wildman–Crippen LogP) is 2.49. The Bertz CT molecular complexity index is 765. The normalized spacial score (nSPS) is 10.8.